The van der Waals surface area contributed by atoms with E-state index in [2.05, 4.69) is 24.1 Å². The number of aliphatic hydroxyl groups excluding tert-OH is 1. The number of nitrogens with zero attached hydrogens (tertiary/aromatic N) is 2. The molecule has 2 bridgehead atoms. The van der Waals surface area contributed by atoms with Crippen molar-refractivity contribution in [3.63, 3.8) is 0 Å². The van der Waals surface area contributed by atoms with Crippen molar-refractivity contribution < 1.29 is 29.0 Å². The molecule has 2 amide bonds. The van der Waals surface area contributed by atoms with Crippen LogP contribution in [0.5, 0.6) is 0 Å². The molecule has 4 rings (SSSR count). The normalized spacial score (nSPS) is 30.4. The number of likely N-dealkylation sites (tertiary alicyclic amines) is 1. The van der Waals surface area contributed by atoms with Crippen LogP contribution in [0.15, 0.2) is 24.3 Å². The first kappa shape index (κ1) is 26.4. The summed E-state index contributed by atoms with van der Waals surface area (Å²) < 4.78 is 12.0. The Kier molecular flexibility index (Phi) is 7.61. The van der Waals surface area contributed by atoms with Gasteiger partial charge in [0.1, 0.15) is 17.6 Å². The predicted molar refractivity (Wildman–Crippen MR) is 136 cm³/mol. The smallest absolute Gasteiger partial charge is 0.312 e. The average Bonchev–Trinajstić information content (AvgIpc) is 3.48. The number of carbonyl (C=O) groups excluding carboxylic acids is 3. The molecule has 3 heterocycles. The van der Waals surface area contributed by atoms with Crippen molar-refractivity contribution in [1.29, 1.82) is 0 Å². The lowest BCUT2D eigenvalue weighted by Gasteiger charge is -2.33. The molecule has 3 saturated heterocycles. The summed E-state index contributed by atoms with van der Waals surface area (Å²) in [5, 5.41) is 12.5. The van der Waals surface area contributed by atoms with Gasteiger partial charge in [0.15, 0.2) is 0 Å². The van der Waals surface area contributed by atoms with Crippen molar-refractivity contribution in [1.82, 2.24) is 4.90 Å². The van der Waals surface area contributed by atoms with E-state index in [0.717, 1.165) is 18.8 Å². The minimum atomic E-state index is -1.09. The second-order valence-electron chi connectivity index (χ2n) is 9.90. The van der Waals surface area contributed by atoms with Gasteiger partial charge < -0.3 is 29.7 Å². The Labute approximate surface area is 213 Å². The number of carbonyl (C=O) groups is 3. The third-order valence-electron chi connectivity index (χ3n) is 8.29. The van der Waals surface area contributed by atoms with Crippen LogP contribution in [0, 0.1) is 11.8 Å². The van der Waals surface area contributed by atoms with Crippen molar-refractivity contribution in [3.8, 4) is 0 Å². The number of rotatable bonds is 11. The molecule has 0 aliphatic carbocycles. The molecule has 1 spiro atoms. The zero-order valence-electron chi connectivity index (χ0n) is 21.8. The Hall–Kier alpha value is -2.65. The van der Waals surface area contributed by atoms with E-state index in [1.807, 2.05) is 31.2 Å². The second-order valence-corrected chi connectivity index (χ2v) is 9.90. The van der Waals surface area contributed by atoms with E-state index in [4.69, 9.17) is 9.47 Å². The van der Waals surface area contributed by atoms with E-state index >= 15 is 0 Å². The van der Waals surface area contributed by atoms with E-state index in [-0.39, 0.29) is 31.6 Å². The topological polar surface area (TPSA) is 108 Å². The Morgan fingerprint density at radius 2 is 1.86 bits per heavy atom. The SMILES string of the molecule is CCOC(=O)[C@H]1[C@H]2C(=O)N(CCCO)C(C(=O)Nc3ccc(N(CC)CC)cc3)C23CC[C@]1(CC)O3. The highest BCUT2D eigenvalue weighted by atomic mass is 16.6. The third-order valence-corrected chi connectivity index (χ3v) is 8.29. The molecule has 0 saturated carbocycles. The van der Waals surface area contributed by atoms with Crippen LogP contribution < -0.4 is 10.2 Å². The summed E-state index contributed by atoms with van der Waals surface area (Å²) in [5.41, 5.74) is -0.202. The van der Waals surface area contributed by atoms with Crippen molar-refractivity contribution in [3.05, 3.63) is 24.3 Å². The molecule has 1 aromatic carbocycles. The Morgan fingerprint density at radius 1 is 1.17 bits per heavy atom. The summed E-state index contributed by atoms with van der Waals surface area (Å²) >= 11 is 0. The Balaban J connectivity index is 1.66. The highest BCUT2D eigenvalue weighted by Gasteiger charge is 2.78. The fourth-order valence-corrected chi connectivity index (χ4v) is 6.65. The molecule has 0 aromatic heterocycles. The van der Waals surface area contributed by atoms with Gasteiger partial charge in [0.25, 0.3) is 0 Å². The molecule has 3 aliphatic rings. The van der Waals surface area contributed by atoms with E-state index in [1.54, 1.807) is 6.92 Å². The van der Waals surface area contributed by atoms with Crippen molar-refractivity contribution in [2.75, 3.05) is 43.1 Å². The summed E-state index contributed by atoms with van der Waals surface area (Å²) in [6, 6.07) is 6.76. The van der Waals surface area contributed by atoms with E-state index in [9.17, 15) is 19.5 Å². The predicted octanol–water partition coefficient (Wildman–Crippen LogP) is 2.57. The molecular weight excluding hydrogens is 462 g/mol. The number of anilines is 2. The first-order chi connectivity index (χ1) is 17.3. The minimum Gasteiger partial charge on any atom is -0.466 e. The van der Waals surface area contributed by atoms with Crippen LogP contribution in [0.2, 0.25) is 0 Å². The Morgan fingerprint density at radius 3 is 2.44 bits per heavy atom. The summed E-state index contributed by atoms with van der Waals surface area (Å²) in [6.07, 6.45) is 1.99. The van der Waals surface area contributed by atoms with Crippen LogP contribution in [-0.4, -0.2) is 77.9 Å². The first-order valence-corrected chi connectivity index (χ1v) is 13.3. The monoisotopic (exact) mass is 501 g/mol. The lowest BCUT2D eigenvalue weighted by Crippen LogP contribution is -2.53. The van der Waals surface area contributed by atoms with Gasteiger partial charge in [-0.3, -0.25) is 14.4 Å². The number of hydrogen-bond acceptors (Lipinski definition) is 7. The minimum absolute atomic E-state index is 0.107. The van der Waals surface area contributed by atoms with Crippen LogP contribution in [0.3, 0.4) is 0 Å². The van der Waals surface area contributed by atoms with Crippen LogP contribution in [0.25, 0.3) is 0 Å². The lowest BCUT2D eigenvalue weighted by atomic mass is 9.65. The van der Waals surface area contributed by atoms with E-state index in [1.165, 1.54) is 4.90 Å². The molecule has 198 valence electrons. The fourth-order valence-electron chi connectivity index (χ4n) is 6.65. The molecular formula is C27H39N3O6. The van der Waals surface area contributed by atoms with Gasteiger partial charge >= 0.3 is 5.97 Å². The highest BCUT2D eigenvalue weighted by Crippen LogP contribution is 2.64. The summed E-state index contributed by atoms with van der Waals surface area (Å²) in [6.45, 7) is 9.96. The van der Waals surface area contributed by atoms with Gasteiger partial charge in [0.2, 0.25) is 11.8 Å². The molecule has 1 aromatic rings. The number of benzene rings is 1. The number of ether oxygens (including phenoxy) is 2. The molecule has 2 unspecified atom stereocenters. The fraction of sp³-hybridized carbons (Fsp3) is 0.667. The van der Waals surface area contributed by atoms with E-state index in [0.29, 0.717) is 31.4 Å². The summed E-state index contributed by atoms with van der Waals surface area (Å²) in [5.74, 6) is -2.56. The number of aliphatic hydroxyl groups is 1. The zero-order chi connectivity index (χ0) is 26.1. The second kappa shape index (κ2) is 10.4. The maximum Gasteiger partial charge on any atom is 0.312 e. The molecule has 3 aliphatic heterocycles. The van der Waals surface area contributed by atoms with E-state index < -0.39 is 35.0 Å². The Bertz CT molecular complexity index is 980. The van der Waals surface area contributed by atoms with Gasteiger partial charge in [0.05, 0.1) is 18.1 Å². The number of fused-ring (bicyclic) bond motifs is 1. The molecule has 2 N–H and O–H groups in total. The number of nitrogens with one attached hydrogen (secondary N) is 1. The van der Waals surface area contributed by atoms with Gasteiger partial charge in [-0.15, -0.1) is 0 Å². The van der Waals surface area contributed by atoms with Crippen molar-refractivity contribution in [2.24, 2.45) is 11.8 Å². The van der Waals surface area contributed by atoms with Crippen LogP contribution >= 0.6 is 0 Å². The molecule has 9 heteroatoms. The quantitative estimate of drug-likeness (QED) is 0.449. The number of esters is 1. The standard InChI is InChI=1S/C27H39N3O6/c1-5-26-14-15-27(36-26)20(21(26)25(34)35-8-4)24(33)30(16-9-17-31)22(27)23(32)28-18-10-12-19(13-11-18)29(6-2)7-3/h10-13,20-22,31H,5-9,14-17H2,1-4H3,(H,28,32)/t20-,21+,22?,26-,27?/m0/s1. The van der Waals surface area contributed by atoms with Crippen LogP contribution in [0.1, 0.15) is 53.4 Å². The van der Waals surface area contributed by atoms with Gasteiger partial charge in [-0.25, -0.2) is 0 Å². The molecule has 3 fully saturated rings. The van der Waals surface area contributed by atoms with Crippen LogP contribution in [-0.2, 0) is 23.9 Å². The van der Waals surface area contributed by atoms with Gasteiger partial charge in [-0.1, -0.05) is 6.92 Å². The molecule has 0 radical (unpaired) electrons. The molecule has 36 heavy (non-hydrogen) atoms. The van der Waals surface area contributed by atoms with Gasteiger partial charge in [-0.2, -0.15) is 0 Å². The lowest BCUT2D eigenvalue weighted by molar-refractivity contribution is -0.160. The highest BCUT2D eigenvalue weighted by molar-refractivity contribution is 6.03. The number of hydrogen-bond donors (Lipinski definition) is 2. The molecule has 5 atom stereocenters. The zero-order valence-corrected chi connectivity index (χ0v) is 21.8. The van der Waals surface area contributed by atoms with Crippen molar-refractivity contribution >= 4 is 29.2 Å². The first-order valence-electron chi connectivity index (χ1n) is 13.3. The summed E-state index contributed by atoms with van der Waals surface area (Å²) in [7, 11) is 0. The maximum atomic E-state index is 13.8. The van der Waals surface area contributed by atoms with Crippen LogP contribution in [0.4, 0.5) is 11.4 Å². The summed E-state index contributed by atoms with van der Waals surface area (Å²) in [4.78, 5) is 44.4. The molecule has 9 nitrogen and oxygen atoms in total. The van der Waals surface area contributed by atoms with Gasteiger partial charge in [-0.05, 0) is 70.7 Å². The maximum absolute atomic E-state index is 13.8. The average molecular weight is 502 g/mol. The largest absolute Gasteiger partial charge is 0.466 e. The number of amides is 2. The van der Waals surface area contributed by atoms with Gasteiger partial charge in [0, 0.05) is 37.6 Å². The third kappa shape index (κ3) is 4.06. The van der Waals surface area contributed by atoms with Crippen molar-refractivity contribution in [2.45, 2.75) is 70.6 Å².